The van der Waals surface area contributed by atoms with Crippen molar-refractivity contribution in [3.05, 3.63) is 30.0 Å². The number of nitrogens with zero attached hydrogens (tertiary/aromatic N) is 3. The molecule has 112 valence electrons. The van der Waals surface area contributed by atoms with Gasteiger partial charge in [0.1, 0.15) is 11.5 Å². The second-order valence-corrected chi connectivity index (χ2v) is 3.76. The van der Waals surface area contributed by atoms with E-state index in [1.54, 1.807) is 6.92 Å². The lowest BCUT2D eigenvalue weighted by atomic mass is 10.4. The number of aromatic nitrogens is 4. The van der Waals surface area contributed by atoms with Gasteiger partial charge < -0.3 is 15.0 Å². The summed E-state index contributed by atoms with van der Waals surface area (Å²) in [5.41, 5.74) is -0.322. The maximum Gasteiger partial charge on any atom is 0.374 e. The largest absolute Gasteiger partial charge is 0.460 e. The van der Waals surface area contributed by atoms with E-state index in [2.05, 4.69) is 20.4 Å². The molecule has 1 amide bonds. The lowest BCUT2D eigenvalue weighted by Crippen LogP contribution is -2.18. The fourth-order valence-corrected chi connectivity index (χ4v) is 1.52. The minimum Gasteiger partial charge on any atom is -0.460 e. The molecular weight excluding hydrogens is 288 g/mol. The zero-order valence-electron chi connectivity index (χ0n) is 10.8. The van der Waals surface area contributed by atoms with Crippen LogP contribution in [0.15, 0.2) is 18.5 Å². The first kappa shape index (κ1) is 14.6. The molecule has 10 heteroatoms. The van der Waals surface area contributed by atoms with Gasteiger partial charge in [0.15, 0.2) is 0 Å². The van der Waals surface area contributed by atoms with Crippen molar-refractivity contribution in [2.24, 2.45) is 0 Å². The van der Waals surface area contributed by atoms with Crippen molar-refractivity contribution in [2.45, 2.75) is 13.5 Å². The highest BCUT2D eigenvalue weighted by molar-refractivity contribution is 6.02. The molecule has 2 aromatic rings. The Labute approximate surface area is 117 Å². The molecule has 0 bridgehead atoms. The standard InChI is InChI=1S/C11H11F2N5O3/c1-2-21-10(20)8-14-5-7(16-8)17-9(19)6-3-4-15-18(6)11(12)13/h3-5,11H,2H2,1H3,(H,14,16)(H,17,19). The van der Waals surface area contributed by atoms with Gasteiger partial charge in [0.25, 0.3) is 5.91 Å². The van der Waals surface area contributed by atoms with Crippen LogP contribution in [0.25, 0.3) is 0 Å². The highest BCUT2D eigenvalue weighted by Crippen LogP contribution is 2.14. The summed E-state index contributed by atoms with van der Waals surface area (Å²) >= 11 is 0. The van der Waals surface area contributed by atoms with Gasteiger partial charge in [-0.15, -0.1) is 0 Å². The summed E-state index contributed by atoms with van der Waals surface area (Å²) in [6.45, 7) is -1.12. The number of esters is 1. The van der Waals surface area contributed by atoms with Gasteiger partial charge in [0.05, 0.1) is 12.8 Å². The molecule has 0 aliphatic rings. The number of rotatable bonds is 5. The quantitative estimate of drug-likeness (QED) is 0.813. The average Bonchev–Trinajstić information content (AvgIpc) is 3.07. The maximum atomic E-state index is 12.6. The molecule has 0 saturated heterocycles. The van der Waals surface area contributed by atoms with Gasteiger partial charge in [0, 0.05) is 6.20 Å². The number of nitrogens with one attached hydrogen (secondary N) is 2. The molecule has 2 rings (SSSR count). The zero-order valence-corrected chi connectivity index (χ0v) is 10.8. The number of alkyl halides is 2. The van der Waals surface area contributed by atoms with Crippen molar-refractivity contribution in [1.82, 2.24) is 19.7 Å². The molecule has 0 spiro atoms. The Morgan fingerprint density at radius 3 is 2.95 bits per heavy atom. The minimum absolute atomic E-state index is 0.0741. The summed E-state index contributed by atoms with van der Waals surface area (Å²) in [5.74, 6) is -1.53. The first-order valence-corrected chi connectivity index (χ1v) is 5.88. The number of ether oxygens (including phenoxy) is 1. The summed E-state index contributed by atoms with van der Waals surface area (Å²) in [7, 11) is 0. The molecule has 0 aromatic carbocycles. The SMILES string of the molecule is CCOC(=O)c1ncc(NC(=O)c2ccnn2C(F)F)[nH]1. The molecule has 0 fully saturated rings. The van der Waals surface area contributed by atoms with E-state index in [0.717, 1.165) is 12.3 Å². The second-order valence-electron chi connectivity index (χ2n) is 3.76. The fraction of sp³-hybridized carbons (Fsp3) is 0.273. The smallest absolute Gasteiger partial charge is 0.374 e. The van der Waals surface area contributed by atoms with E-state index in [1.807, 2.05) is 0 Å². The van der Waals surface area contributed by atoms with E-state index in [4.69, 9.17) is 4.74 Å². The zero-order chi connectivity index (χ0) is 15.4. The van der Waals surface area contributed by atoms with Crippen LogP contribution in [0.4, 0.5) is 14.6 Å². The Bertz CT molecular complexity index is 652. The van der Waals surface area contributed by atoms with Gasteiger partial charge in [0.2, 0.25) is 5.82 Å². The van der Waals surface area contributed by atoms with Gasteiger partial charge in [-0.05, 0) is 13.0 Å². The van der Waals surface area contributed by atoms with Crippen molar-refractivity contribution in [3.63, 3.8) is 0 Å². The molecule has 0 aliphatic carbocycles. The van der Waals surface area contributed by atoms with Crippen LogP contribution in [0.3, 0.4) is 0 Å². The van der Waals surface area contributed by atoms with Crippen molar-refractivity contribution in [1.29, 1.82) is 0 Å². The van der Waals surface area contributed by atoms with Crippen LogP contribution in [0, 0.1) is 0 Å². The van der Waals surface area contributed by atoms with E-state index in [0.29, 0.717) is 0 Å². The molecule has 8 nitrogen and oxygen atoms in total. The summed E-state index contributed by atoms with van der Waals surface area (Å²) < 4.78 is 30.2. The third-order valence-corrected chi connectivity index (χ3v) is 2.38. The monoisotopic (exact) mass is 299 g/mol. The van der Waals surface area contributed by atoms with E-state index >= 15 is 0 Å². The number of carbonyl (C=O) groups is 2. The number of amides is 1. The minimum atomic E-state index is -2.93. The normalized spacial score (nSPS) is 10.7. The highest BCUT2D eigenvalue weighted by atomic mass is 19.3. The number of hydrogen-bond acceptors (Lipinski definition) is 5. The maximum absolute atomic E-state index is 12.6. The Morgan fingerprint density at radius 1 is 1.52 bits per heavy atom. The second kappa shape index (κ2) is 6.11. The number of halogens is 2. The predicted octanol–water partition coefficient (Wildman–Crippen LogP) is 1.43. The van der Waals surface area contributed by atoms with Crippen LogP contribution >= 0.6 is 0 Å². The molecule has 0 radical (unpaired) electrons. The summed E-state index contributed by atoms with van der Waals surface area (Å²) in [6.07, 6.45) is 2.26. The number of carbonyl (C=O) groups excluding carboxylic acids is 2. The lowest BCUT2D eigenvalue weighted by Gasteiger charge is -2.05. The van der Waals surface area contributed by atoms with Gasteiger partial charge >= 0.3 is 12.5 Å². The topological polar surface area (TPSA) is 102 Å². The number of anilines is 1. The van der Waals surface area contributed by atoms with Gasteiger partial charge in [-0.25, -0.2) is 9.78 Å². The molecule has 2 aromatic heterocycles. The first-order valence-electron chi connectivity index (χ1n) is 5.88. The van der Waals surface area contributed by atoms with E-state index in [9.17, 15) is 18.4 Å². The van der Waals surface area contributed by atoms with Crippen molar-refractivity contribution in [3.8, 4) is 0 Å². The van der Waals surface area contributed by atoms with Crippen LogP contribution in [0.2, 0.25) is 0 Å². The van der Waals surface area contributed by atoms with Crippen molar-refractivity contribution >= 4 is 17.7 Å². The molecule has 0 aliphatic heterocycles. The van der Waals surface area contributed by atoms with Gasteiger partial charge in [-0.1, -0.05) is 0 Å². The van der Waals surface area contributed by atoms with Crippen molar-refractivity contribution < 1.29 is 23.1 Å². The van der Waals surface area contributed by atoms with Crippen LogP contribution in [-0.4, -0.2) is 38.2 Å². The van der Waals surface area contributed by atoms with E-state index < -0.39 is 18.4 Å². The molecule has 0 unspecified atom stereocenters. The van der Waals surface area contributed by atoms with E-state index in [1.165, 1.54) is 6.20 Å². The Hall–Kier alpha value is -2.78. The van der Waals surface area contributed by atoms with Gasteiger partial charge in [-0.2, -0.15) is 18.6 Å². The van der Waals surface area contributed by atoms with Crippen LogP contribution in [0.1, 0.15) is 34.6 Å². The lowest BCUT2D eigenvalue weighted by molar-refractivity contribution is 0.0512. The predicted molar refractivity (Wildman–Crippen MR) is 66.0 cm³/mol. The fourth-order valence-electron chi connectivity index (χ4n) is 1.52. The Kier molecular flexibility index (Phi) is 4.26. The van der Waals surface area contributed by atoms with Crippen LogP contribution < -0.4 is 5.32 Å². The van der Waals surface area contributed by atoms with E-state index in [-0.39, 0.29) is 28.6 Å². The number of H-pyrrole nitrogens is 1. The van der Waals surface area contributed by atoms with Gasteiger partial charge in [-0.3, -0.25) is 4.79 Å². The third-order valence-electron chi connectivity index (χ3n) is 2.38. The molecule has 2 N–H and O–H groups in total. The summed E-state index contributed by atoms with van der Waals surface area (Å²) in [5, 5.41) is 5.64. The summed E-state index contributed by atoms with van der Waals surface area (Å²) in [4.78, 5) is 29.4. The Balaban J connectivity index is 2.10. The molecule has 21 heavy (non-hydrogen) atoms. The van der Waals surface area contributed by atoms with Crippen molar-refractivity contribution in [2.75, 3.05) is 11.9 Å². The number of aromatic amines is 1. The Morgan fingerprint density at radius 2 is 2.29 bits per heavy atom. The average molecular weight is 299 g/mol. The molecule has 0 atom stereocenters. The highest BCUT2D eigenvalue weighted by Gasteiger charge is 2.19. The molecular formula is C11H11F2N5O3. The van der Waals surface area contributed by atoms with Crippen LogP contribution in [0.5, 0.6) is 0 Å². The molecule has 0 saturated carbocycles. The first-order chi connectivity index (χ1) is 10.0. The number of imidazole rings is 1. The summed E-state index contributed by atoms with van der Waals surface area (Å²) in [6, 6.07) is 1.14. The van der Waals surface area contributed by atoms with Crippen LogP contribution in [-0.2, 0) is 4.74 Å². The third kappa shape index (κ3) is 3.22. The molecule has 2 heterocycles. The number of hydrogen-bond donors (Lipinski definition) is 2.